The van der Waals surface area contributed by atoms with Crippen LogP contribution in [0.15, 0.2) is 28.7 Å². The van der Waals surface area contributed by atoms with Crippen molar-refractivity contribution in [3.63, 3.8) is 0 Å². The number of nitrogens with one attached hydrogen (secondary N) is 1. The van der Waals surface area contributed by atoms with Crippen LogP contribution in [0, 0.1) is 0 Å². The minimum atomic E-state index is -0.308. The zero-order chi connectivity index (χ0) is 13.9. The number of hydrogen-bond donors (Lipinski definition) is 1. The van der Waals surface area contributed by atoms with Crippen LogP contribution in [0.3, 0.4) is 0 Å². The minimum absolute atomic E-state index is 0.00752. The number of amides is 1. The van der Waals surface area contributed by atoms with Crippen LogP contribution in [0.25, 0.3) is 11.5 Å². The quantitative estimate of drug-likeness (QED) is 0.943. The highest BCUT2D eigenvalue weighted by Crippen LogP contribution is 2.22. The summed E-state index contributed by atoms with van der Waals surface area (Å²) in [5, 5.41) is 11.2. The molecule has 1 aromatic heterocycles. The summed E-state index contributed by atoms with van der Waals surface area (Å²) in [6.45, 7) is 0. The Kier molecular flexibility index (Phi) is 3.69. The van der Waals surface area contributed by atoms with Gasteiger partial charge in [0.05, 0.1) is 0 Å². The van der Waals surface area contributed by atoms with E-state index in [0.717, 1.165) is 25.7 Å². The van der Waals surface area contributed by atoms with E-state index in [1.54, 1.807) is 24.3 Å². The molecule has 6 heteroatoms. The fourth-order valence-electron chi connectivity index (χ4n) is 2.37. The van der Waals surface area contributed by atoms with E-state index in [-0.39, 0.29) is 17.8 Å². The molecular formula is C14H14ClN3O2. The van der Waals surface area contributed by atoms with E-state index in [1.807, 2.05) is 0 Å². The van der Waals surface area contributed by atoms with Crippen molar-refractivity contribution < 1.29 is 9.21 Å². The fraction of sp³-hybridized carbons (Fsp3) is 0.357. The molecule has 0 atom stereocenters. The molecule has 1 saturated carbocycles. The van der Waals surface area contributed by atoms with E-state index in [0.29, 0.717) is 16.5 Å². The molecule has 1 heterocycles. The molecule has 0 radical (unpaired) electrons. The molecule has 20 heavy (non-hydrogen) atoms. The van der Waals surface area contributed by atoms with Gasteiger partial charge in [0.15, 0.2) is 0 Å². The average Bonchev–Trinajstić information content (AvgIpc) is 3.09. The van der Waals surface area contributed by atoms with Gasteiger partial charge in [0.1, 0.15) is 0 Å². The van der Waals surface area contributed by atoms with Gasteiger partial charge in [-0.15, -0.1) is 10.2 Å². The van der Waals surface area contributed by atoms with Gasteiger partial charge in [0.25, 0.3) is 0 Å². The molecule has 5 nitrogen and oxygen atoms in total. The van der Waals surface area contributed by atoms with E-state index < -0.39 is 0 Å². The van der Waals surface area contributed by atoms with Crippen LogP contribution in [0.4, 0.5) is 0 Å². The molecule has 1 aliphatic carbocycles. The lowest BCUT2D eigenvalue weighted by Gasteiger charge is -2.08. The summed E-state index contributed by atoms with van der Waals surface area (Å²) in [5.41, 5.74) is 0.699. The molecule has 1 fully saturated rings. The normalized spacial score (nSPS) is 15.4. The third-order valence-corrected chi connectivity index (χ3v) is 3.62. The molecule has 1 N–H and O–H groups in total. The summed E-state index contributed by atoms with van der Waals surface area (Å²) < 4.78 is 5.40. The number of nitrogens with zero attached hydrogens (tertiary/aromatic N) is 2. The summed E-state index contributed by atoms with van der Waals surface area (Å²) in [4.78, 5) is 12.0. The van der Waals surface area contributed by atoms with Crippen LogP contribution >= 0.6 is 11.6 Å². The largest absolute Gasteiger partial charge is 0.412 e. The second-order valence-electron chi connectivity index (χ2n) is 4.88. The molecule has 1 amide bonds. The first-order valence-corrected chi connectivity index (χ1v) is 7.00. The lowest BCUT2D eigenvalue weighted by molar-refractivity contribution is 0.0903. The molecule has 1 aliphatic rings. The Hall–Kier alpha value is -1.88. The zero-order valence-corrected chi connectivity index (χ0v) is 11.6. The number of halogens is 1. The Balaban J connectivity index is 1.74. The summed E-state index contributed by atoms with van der Waals surface area (Å²) in [5.74, 6) is -0.0198. The van der Waals surface area contributed by atoms with E-state index in [4.69, 9.17) is 16.0 Å². The highest BCUT2D eigenvalue weighted by molar-refractivity contribution is 6.30. The van der Waals surface area contributed by atoms with Crippen molar-refractivity contribution in [2.24, 2.45) is 0 Å². The molecule has 0 aliphatic heterocycles. The van der Waals surface area contributed by atoms with Gasteiger partial charge in [0, 0.05) is 16.6 Å². The van der Waals surface area contributed by atoms with E-state index in [1.165, 1.54) is 0 Å². The highest BCUT2D eigenvalue weighted by Gasteiger charge is 2.21. The maximum atomic E-state index is 12.0. The van der Waals surface area contributed by atoms with Crippen LogP contribution in [0.2, 0.25) is 5.02 Å². The minimum Gasteiger partial charge on any atom is -0.412 e. The van der Waals surface area contributed by atoms with Gasteiger partial charge in [-0.3, -0.25) is 4.79 Å². The number of carbonyl (C=O) groups excluding carboxylic acids is 1. The Bertz CT molecular complexity index is 620. The van der Waals surface area contributed by atoms with Crippen molar-refractivity contribution in [1.29, 1.82) is 0 Å². The van der Waals surface area contributed by atoms with Gasteiger partial charge in [0.2, 0.25) is 5.89 Å². The van der Waals surface area contributed by atoms with Crippen LogP contribution in [0.5, 0.6) is 0 Å². The zero-order valence-electron chi connectivity index (χ0n) is 10.8. The van der Waals surface area contributed by atoms with Crippen molar-refractivity contribution >= 4 is 17.5 Å². The van der Waals surface area contributed by atoms with Gasteiger partial charge < -0.3 is 9.73 Å². The smallest absolute Gasteiger partial charge is 0.309 e. The fourth-order valence-corrected chi connectivity index (χ4v) is 2.56. The predicted octanol–water partition coefficient (Wildman–Crippen LogP) is 3.06. The average molecular weight is 292 g/mol. The van der Waals surface area contributed by atoms with Gasteiger partial charge in [-0.05, 0) is 31.0 Å². The van der Waals surface area contributed by atoms with Crippen molar-refractivity contribution in [1.82, 2.24) is 15.5 Å². The predicted molar refractivity (Wildman–Crippen MR) is 74.5 cm³/mol. The summed E-state index contributed by atoms with van der Waals surface area (Å²) in [7, 11) is 0. The van der Waals surface area contributed by atoms with Crippen molar-refractivity contribution in [3.8, 4) is 11.5 Å². The van der Waals surface area contributed by atoms with Crippen LogP contribution < -0.4 is 5.32 Å². The maximum absolute atomic E-state index is 12.0. The second kappa shape index (κ2) is 5.63. The summed E-state index contributed by atoms with van der Waals surface area (Å²) >= 11 is 5.91. The van der Waals surface area contributed by atoms with Gasteiger partial charge in [-0.25, -0.2) is 0 Å². The topological polar surface area (TPSA) is 68.0 Å². The van der Waals surface area contributed by atoms with Crippen molar-refractivity contribution in [2.75, 3.05) is 0 Å². The molecule has 2 aromatic rings. The Morgan fingerprint density at radius 2 is 2.10 bits per heavy atom. The maximum Gasteiger partial charge on any atom is 0.309 e. The van der Waals surface area contributed by atoms with Crippen LogP contribution in [0.1, 0.15) is 36.4 Å². The molecular weight excluding hydrogens is 278 g/mol. The van der Waals surface area contributed by atoms with E-state index >= 15 is 0 Å². The second-order valence-corrected chi connectivity index (χ2v) is 5.31. The number of hydrogen-bond acceptors (Lipinski definition) is 4. The first-order valence-electron chi connectivity index (χ1n) is 6.63. The number of carbonyl (C=O) groups is 1. The first kappa shape index (κ1) is 13.1. The lowest BCUT2D eigenvalue weighted by Crippen LogP contribution is -2.32. The lowest BCUT2D eigenvalue weighted by atomic mass is 10.2. The molecule has 1 aromatic carbocycles. The van der Waals surface area contributed by atoms with E-state index in [9.17, 15) is 4.79 Å². The number of aromatic nitrogens is 2. The summed E-state index contributed by atoms with van der Waals surface area (Å²) in [6, 6.07) is 7.30. The van der Waals surface area contributed by atoms with Gasteiger partial charge in [-0.2, -0.15) is 0 Å². The molecule has 0 bridgehead atoms. The Morgan fingerprint density at radius 3 is 2.85 bits per heavy atom. The Labute approximate surface area is 121 Å². The highest BCUT2D eigenvalue weighted by atomic mass is 35.5. The molecule has 104 valence electrons. The van der Waals surface area contributed by atoms with E-state index in [2.05, 4.69) is 15.5 Å². The summed E-state index contributed by atoms with van der Waals surface area (Å²) in [6.07, 6.45) is 4.34. The van der Waals surface area contributed by atoms with Crippen molar-refractivity contribution in [2.45, 2.75) is 31.7 Å². The van der Waals surface area contributed by atoms with Crippen LogP contribution in [-0.2, 0) is 0 Å². The molecule has 0 saturated heterocycles. The first-order chi connectivity index (χ1) is 9.72. The SMILES string of the molecule is O=C(NC1CCCC1)c1nnc(-c2cccc(Cl)c2)o1. The monoisotopic (exact) mass is 291 g/mol. The number of benzene rings is 1. The number of rotatable bonds is 3. The molecule has 0 spiro atoms. The van der Waals surface area contributed by atoms with Gasteiger partial charge in [-0.1, -0.05) is 30.5 Å². The third kappa shape index (κ3) is 2.82. The molecule has 0 unspecified atom stereocenters. The standard InChI is InChI=1S/C14H14ClN3O2/c15-10-5-3-4-9(8-10)13-17-18-14(20-13)12(19)16-11-6-1-2-7-11/h3-5,8,11H,1-2,6-7H2,(H,16,19). The Morgan fingerprint density at radius 1 is 1.30 bits per heavy atom. The van der Waals surface area contributed by atoms with Gasteiger partial charge >= 0.3 is 11.8 Å². The van der Waals surface area contributed by atoms with Crippen LogP contribution in [-0.4, -0.2) is 22.1 Å². The molecule has 3 rings (SSSR count). The van der Waals surface area contributed by atoms with Crippen molar-refractivity contribution in [3.05, 3.63) is 35.2 Å². The third-order valence-electron chi connectivity index (χ3n) is 3.38.